The number of carbonyl (C=O) groups is 1. The van der Waals surface area contributed by atoms with Crippen molar-refractivity contribution in [2.75, 3.05) is 44.2 Å². The summed E-state index contributed by atoms with van der Waals surface area (Å²) >= 11 is 0. The lowest BCUT2D eigenvalue weighted by Crippen LogP contribution is -2.47. The van der Waals surface area contributed by atoms with E-state index in [4.69, 9.17) is 0 Å². The second kappa shape index (κ2) is 8.27. The molecule has 0 radical (unpaired) electrons. The Labute approximate surface area is 160 Å². The Morgan fingerprint density at radius 3 is 2.52 bits per heavy atom. The van der Waals surface area contributed by atoms with E-state index in [1.165, 1.54) is 5.69 Å². The highest BCUT2D eigenvalue weighted by Crippen LogP contribution is 2.15. The van der Waals surface area contributed by atoms with Gasteiger partial charge in [0, 0.05) is 56.3 Å². The highest BCUT2D eigenvalue weighted by molar-refractivity contribution is 5.95. The van der Waals surface area contributed by atoms with Crippen LogP contribution in [0.2, 0.25) is 0 Å². The van der Waals surface area contributed by atoms with Crippen LogP contribution >= 0.6 is 0 Å². The van der Waals surface area contributed by atoms with Gasteiger partial charge in [-0.1, -0.05) is 24.3 Å². The molecule has 1 aliphatic heterocycles. The van der Waals surface area contributed by atoms with Gasteiger partial charge in [0.15, 0.2) is 0 Å². The minimum absolute atomic E-state index is 0.00703. The Morgan fingerprint density at radius 1 is 0.963 bits per heavy atom. The van der Waals surface area contributed by atoms with Gasteiger partial charge in [0.25, 0.3) is 5.91 Å². The first-order valence-electron chi connectivity index (χ1n) is 9.67. The molecular formula is C22H26N4O. The molecule has 4 rings (SSSR count). The minimum Gasteiger partial charge on any atom is -0.369 e. The summed E-state index contributed by atoms with van der Waals surface area (Å²) < 4.78 is 1.97. The average Bonchev–Trinajstić information content (AvgIpc) is 3.17. The SMILES string of the molecule is O=C(NCCCN1CCN(c2ccccc2)CC1)c1cc2ccccn2c1. The maximum Gasteiger partial charge on any atom is 0.252 e. The molecule has 1 aliphatic rings. The molecule has 1 saturated heterocycles. The van der Waals surface area contributed by atoms with E-state index in [1.807, 2.05) is 41.1 Å². The predicted molar refractivity (Wildman–Crippen MR) is 109 cm³/mol. The van der Waals surface area contributed by atoms with Gasteiger partial charge in [0.1, 0.15) is 0 Å². The third-order valence-electron chi connectivity index (χ3n) is 5.20. The fourth-order valence-corrected chi connectivity index (χ4v) is 3.65. The number of benzene rings is 1. The van der Waals surface area contributed by atoms with Crippen LogP contribution in [0.15, 0.2) is 67.0 Å². The Kier molecular flexibility index (Phi) is 5.39. The van der Waals surface area contributed by atoms with Crippen LogP contribution in [0.25, 0.3) is 5.52 Å². The molecule has 3 heterocycles. The fourth-order valence-electron chi connectivity index (χ4n) is 3.65. The number of piperazine rings is 1. The largest absolute Gasteiger partial charge is 0.369 e. The second-order valence-electron chi connectivity index (χ2n) is 7.04. The summed E-state index contributed by atoms with van der Waals surface area (Å²) in [6, 6.07) is 18.5. The summed E-state index contributed by atoms with van der Waals surface area (Å²) in [5, 5.41) is 3.04. The van der Waals surface area contributed by atoms with E-state index in [1.54, 1.807) is 0 Å². The molecule has 0 aliphatic carbocycles. The lowest BCUT2D eigenvalue weighted by Gasteiger charge is -2.36. The van der Waals surface area contributed by atoms with E-state index in [0.29, 0.717) is 6.54 Å². The molecule has 0 bridgehead atoms. The smallest absolute Gasteiger partial charge is 0.252 e. The molecule has 140 valence electrons. The number of para-hydroxylation sites is 1. The van der Waals surface area contributed by atoms with Crippen molar-refractivity contribution in [3.05, 3.63) is 72.6 Å². The molecule has 3 aromatic rings. The van der Waals surface area contributed by atoms with E-state index in [9.17, 15) is 4.79 Å². The molecule has 1 fully saturated rings. The first-order chi connectivity index (χ1) is 13.3. The van der Waals surface area contributed by atoms with Gasteiger partial charge >= 0.3 is 0 Å². The molecule has 0 saturated carbocycles. The van der Waals surface area contributed by atoms with Crippen molar-refractivity contribution in [1.29, 1.82) is 0 Å². The highest BCUT2D eigenvalue weighted by atomic mass is 16.1. The molecule has 1 N–H and O–H groups in total. The van der Waals surface area contributed by atoms with E-state index >= 15 is 0 Å². The monoisotopic (exact) mass is 362 g/mol. The first kappa shape index (κ1) is 17.6. The zero-order chi connectivity index (χ0) is 18.5. The Hall–Kier alpha value is -2.79. The molecule has 2 aromatic heterocycles. The van der Waals surface area contributed by atoms with Crippen molar-refractivity contribution in [1.82, 2.24) is 14.6 Å². The van der Waals surface area contributed by atoms with Crippen LogP contribution in [-0.4, -0.2) is 54.5 Å². The predicted octanol–water partition coefficient (Wildman–Crippen LogP) is 2.88. The number of rotatable bonds is 6. The lowest BCUT2D eigenvalue weighted by molar-refractivity contribution is 0.0951. The van der Waals surface area contributed by atoms with Gasteiger partial charge in [-0.05, 0) is 43.3 Å². The van der Waals surface area contributed by atoms with Crippen LogP contribution in [0.1, 0.15) is 16.8 Å². The normalized spacial score (nSPS) is 15.2. The van der Waals surface area contributed by atoms with Gasteiger partial charge in [-0.25, -0.2) is 0 Å². The number of pyridine rings is 1. The molecule has 0 spiro atoms. The van der Waals surface area contributed by atoms with Crippen molar-refractivity contribution >= 4 is 17.1 Å². The van der Waals surface area contributed by atoms with Crippen molar-refractivity contribution in [2.45, 2.75) is 6.42 Å². The number of hydrogen-bond acceptors (Lipinski definition) is 3. The van der Waals surface area contributed by atoms with Crippen LogP contribution in [0.3, 0.4) is 0 Å². The van der Waals surface area contributed by atoms with Gasteiger partial charge in [-0.3, -0.25) is 9.69 Å². The van der Waals surface area contributed by atoms with Crippen LogP contribution in [0.4, 0.5) is 5.69 Å². The second-order valence-corrected chi connectivity index (χ2v) is 7.04. The zero-order valence-electron chi connectivity index (χ0n) is 15.6. The maximum absolute atomic E-state index is 12.3. The fraction of sp³-hybridized carbons (Fsp3) is 0.318. The molecule has 5 heteroatoms. The first-order valence-corrected chi connectivity index (χ1v) is 9.67. The Balaban J connectivity index is 1.18. The van der Waals surface area contributed by atoms with E-state index in [2.05, 4.69) is 45.4 Å². The number of nitrogens with zero attached hydrogens (tertiary/aromatic N) is 3. The number of amides is 1. The molecule has 1 aromatic carbocycles. The summed E-state index contributed by atoms with van der Waals surface area (Å²) in [6.07, 6.45) is 4.82. The van der Waals surface area contributed by atoms with Gasteiger partial charge in [-0.15, -0.1) is 0 Å². The Morgan fingerprint density at radius 2 is 1.74 bits per heavy atom. The highest BCUT2D eigenvalue weighted by Gasteiger charge is 2.16. The van der Waals surface area contributed by atoms with Gasteiger partial charge in [-0.2, -0.15) is 0 Å². The van der Waals surface area contributed by atoms with Crippen molar-refractivity contribution < 1.29 is 4.79 Å². The number of hydrogen-bond donors (Lipinski definition) is 1. The molecule has 0 atom stereocenters. The summed E-state index contributed by atoms with van der Waals surface area (Å²) in [5.74, 6) is 0.00703. The number of fused-ring (bicyclic) bond motifs is 1. The van der Waals surface area contributed by atoms with Gasteiger partial charge < -0.3 is 14.6 Å². The summed E-state index contributed by atoms with van der Waals surface area (Å²) in [5.41, 5.74) is 3.07. The number of aromatic nitrogens is 1. The number of carbonyl (C=O) groups excluding carboxylic acids is 1. The average molecular weight is 362 g/mol. The molecular weight excluding hydrogens is 336 g/mol. The van der Waals surface area contributed by atoms with Crippen molar-refractivity contribution in [3.63, 3.8) is 0 Å². The molecule has 1 amide bonds. The summed E-state index contributed by atoms with van der Waals surface area (Å²) in [7, 11) is 0. The minimum atomic E-state index is 0.00703. The third kappa shape index (κ3) is 4.31. The summed E-state index contributed by atoms with van der Waals surface area (Å²) in [6.45, 7) is 6.02. The van der Waals surface area contributed by atoms with Crippen LogP contribution in [0.5, 0.6) is 0 Å². The Bertz CT molecular complexity index is 848. The standard InChI is InChI=1S/C22H26N4O/c27-22(19-17-21-9-4-5-12-26(21)18-19)23-10-6-11-24-13-15-25(16-14-24)20-7-2-1-3-8-20/h1-5,7-9,12,17-18H,6,10-11,13-16H2,(H,23,27). The van der Waals surface area contributed by atoms with Gasteiger partial charge in [0.05, 0.1) is 5.56 Å². The topological polar surface area (TPSA) is 40.0 Å². The number of nitrogens with one attached hydrogen (secondary N) is 1. The van der Waals surface area contributed by atoms with E-state index < -0.39 is 0 Å². The quantitative estimate of drug-likeness (QED) is 0.686. The van der Waals surface area contributed by atoms with Crippen LogP contribution < -0.4 is 10.2 Å². The summed E-state index contributed by atoms with van der Waals surface area (Å²) in [4.78, 5) is 17.2. The molecule has 27 heavy (non-hydrogen) atoms. The van der Waals surface area contributed by atoms with Crippen molar-refractivity contribution in [2.24, 2.45) is 0 Å². The maximum atomic E-state index is 12.3. The lowest BCUT2D eigenvalue weighted by atomic mass is 10.2. The van der Waals surface area contributed by atoms with E-state index in [-0.39, 0.29) is 5.91 Å². The number of anilines is 1. The van der Waals surface area contributed by atoms with Crippen LogP contribution in [-0.2, 0) is 0 Å². The molecule has 5 nitrogen and oxygen atoms in total. The van der Waals surface area contributed by atoms with Crippen molar-refractivity contribution in [3.8, 4) is 0 Å². The van der Waals surface area contributed by atoms with Crippen LogP contribution in [0, 0.1) is 0 Å². The van der Waals surface area contributed by atoms with Gasteiger partial charge in [0.2, 0.25) is 0 Å². The third-order valence-corrected chi connectivity index (χ3v) is 5.20. The van der Waals surface area contributed by atoms with E-state index in [0.717, 1.165) is 50.2 Å². The zero-order valence-corrected chi connectivity index (χ0v) is 15.6. The molecule has 0 unspecified atom stereocenters.